The molecule has 1 fully saturated rings. The summed E-state index contributed by atoms with van der Waals surface area (Å²) in [5.41, 5.74) is 3.32. The van der Waals surface area contributed by atoms with Crippen LogP contribution in [-0.2, 0) is 0 Å². The van der Waals surface area contributed by atoms with Gasteiger partial charge in [0.1, 0.15) is 0 Å². The number of hydrazone groups is 1. The Morgan fingerprint density at radius 3 is 2.56 bits per heavy atom. The Morgan fingerprint density at radius 1 is 1.26 bits per heavy atom. The van der Waals surface area contributed by atoms with E-state index in [1.54, 1.807) is 12.1 Å². The molecule has 0 bridgehead atoms. The molecule has 0 spiro atoms. The lowest BCUT2D eigenvalue weighted by Gasteiger charge is -2.17. The van der Waals surface area contributed by atoms with Gasteiger partial charge in [0.05, 0.1) is 11.1 Å². The number of phenols is 1. The molecule has 0 radical (unpaired) electrons. The lowest BCUT2D eigenvalue weighted by atomic mass is 10.2. The predicted molar refractivity (Wildman–Crippen MR) is 103 cm³/mol. The normalized spacial score (nSPS) is 13.9. The number of halogens is 1. The summed E-state index contributed by atoms with van der Waals surface area (Å²) in [4.78, 5) is 24.6. The molecule has 1 aliphatic heterocycles. The number of hydrogen-bond acceptors (Lipinski definition) is 6. The molecule has 3 rings (SSSR count). The number of phenolic OH excluding ortho intramolecular Hbond substituents is 1. The molecule has 0 unspecified atom stereocenters. The molecule has 27 heavy (non-hydrogen) atoms. The minimum atomic E-state index is -0.751. The summed E-state index contributed by atoms with van der Waals surface area (Å²) in [5.74, 6) is -1.01. The fourth-order valence-electron chi connectivity index (χ4n) is 2.87. The van der Waals surface area contributed by atoms with Gasteiger partial charge >= 0.3 is 5.69 Å². The van der Waals surface area contributed by atoms with E-state index in [0.717, 1.165) is 31.1 Å². The van der Waals surface area contributed by atoms with Crippen molar-refractivity contribution in [2.24, 2.45) is 5.10 Å². The zero-order chi connectivity index (χ0) is 19.4. The van der Waals surface area contributed by atoms with Crippen LogP contribution in [0.5, 0.6) is 5.75 Å². The number of anilines is 1. The summed E-state index contributed by atoms with van der Waals surface area (Å²) in [6.07, 6.45) is 3.45. The Kier molecular flexibility index (Phi) is 5.56. The van der Waals surface area contributed by atoms with Crippen LogP contribution in [0.25, 0.3) is 0 Å². The number of nitro benzene ring substituents is 1. The fraction of sp³-hybridized carbons (Fsp3) is 0.222. The summed E-state index contributed by atoms with van der Waals surface area (Å²) in [7, 11) is 0. The number of nitrogens with one attached hydrogen (secondary N) is 1. The highest BCUT2D eigenvalue weighted by molar-refractivity contribution is 6.31. The molecule has 1 saturated heterocycles. The van der Waals surface area contributed by atoms with Gasteiger partial charge < -0.3 is 10.0 Å². The van der Waals surface area contributed by atoms with Crippen molar-refractivity contribution in [3.8, 4) is 5.75 Å². The Hall–Kier alpha value is -3.13. The van der Waals surface area contributed by atoms with Crippen LogP contribution >= 0.6 is 11.6 Å². The first-order valence-corrected chi connectivity index (χ1v) is 8.69. The Morgan fingerprint density at radius 2 is 1.93 bits per heavy atom. The van der Waals surface area contributed by atoms with Crippen molar-refractivity contribution in [3.63, 3.8) is 0 Å². The van der Waals surface area contributed by atoms with Crippen molar-refractivity contribution in [1.29, 1.82) is 0 Å². The van der Waals surface area contributed by atoms with Crippen molar-refractivity contribution in [2.45, 2.75) is 12.8 Å². The van der Waals surface area contributed by atoms with E-state index in [0.29, 0.717) is 5.56 Å². The standard InChI is InChI=1S/C18H17ClN4O4/c19-14-9-13(17(24)16(10-14)23(26)27)11-20-21-18(25)12-3-5-15(6-4-12)22-7-1-2-8-22/h3-6,9-11,24H,1-2,7-8H2,(H,21,25)/b20-11-. The summed E-state index contributed by atoms with van der Waals surface area (Å²) in [6, 6.07) is 9.53. The van der Waals surface area contributed by atoms with Crippen LogP contribution in [-0.4, -0.2) is 35.2 Å². The first-order chi connectivity index (χ1) is 13.0. The molecular weight excluding hydrogens is 372 g/mol. The van der Waals surface area contributed by atoms with Gasteiger partial charge in [0.15, 0.2) is 0 Å². The Labute approximate surface area is 160 Å². The van der Waals surface area contributed by atoms with Gasteiger partial charge in [-0.15, -0.1) is 0 Å². The number of amides is 1. The molecule has 1 heterocycles. The highest BCUT2D eigenvalue weighted by atomic mass is 35.5. The third-order valence-electron chi connectivity index (χ3n) is 4.25. The van der Waals surface area contributed by atoms with Crippen LogP contribution in [0.15, 0.2) is 41.5 Å². The van der Waals surface area contributed by atoms with Crippen molar-refractivity contribution < 1.29 is 14.8 Å². The summed E-state index contributed by atoms with van der Waals surface area (Å²) in [6.45, 7) is 2.04. The summed E-state index contributed by atoms with van der Waals surface area (Å²) >= 11 is 5.80. The van der Waals surface area contributed by atoms with Crippen molar-refractivity contribution >= 4 is 35.1 Å². The van der Waals surface area contributed by atoms with Gasteiger partial charge in [0.25, 0.3) is 5.91 Å². The highest BCUT2D eigenvalue weighted by Gasteiger charge is 2.18. The maximum atomic E-state index is 12.2. The molecule has 2 aromatic rings. The first kappa shape index (κ1) is 18.7. The van der Waals surface area contributed by atoms with Gasteiger partial charge in [0, 0.05) is 41.0 Å². The maximum absolute atomic E-state index is 12.2. The highest BCUT2D eigenvalue weighted by Crippen LogP contribution is 2.32. The van der Waals surface area contributed by atoms with E-state index in [1.165, 1.54) is 18.9 Å². The van der Waals surface area contributed by atoms with Crippen LogP contribution < -0.4 is 10.3 Å². The quantitative estimate of drug-likeness (QED) is 0.464. The average Bonchev–Trinajstić information content (AvgIpc) is 3.18. The van der Waals surface area contributed by atoms with Gasteiger partial charge in [-0.2, -0.15) is 5.10 Å². The van der Waals surface area contributed by atoms with E-state index in [9.17, 15) is 20.0 Å². The molecule has 2 N–H and O–H groups in total. The zero-order valence-electron chi connectivity index (χ0n) is 14.3. The topological polar surface area (TPSA) is 108 Å². The molecule has 0 atom stereocenters. The molecule has 9 heteroatoms. The number of hydrogen-bond donors (Lipinski definition) is 2. The van der Waals surface area contributed by atoms with Gasteiger partial charge in [-0.3, -0.25) is 14.9 Å². The van der Waals surface area contributed by atoms with E-state index < -0.39 is 22.3 Å². The number of rotatable bonds is 5. The Bertz CT molecular complexity index is 893. The zero-order valence-corrected chi connectivity index (χ0v) is 15.0. The smallest absolute Gasteiger partial charge is 0.312 e. The van der Waals surface area contributed by atoms with E-state index in [2.05, 4.69) is 15.4 Å². The largest absolute Gasteiger partial charge is 0.502 e. The maximum Gasteiger partial charge on any atom is 0.312 e. The van der Waals surface area contributed by atoms with Crippen LogP contribution in [0, 0.1) is 10.1 Å². The van der Waals surface area contributed by atoms with Gasteiger partial charge in [-0.05, 0) is 43.2 Å². The predicted octanol–water partition coefficient (Wildman–Crippen LogP) is 3.32. The SMILES string of the molecule is O=C(N/N=C\c1cc(Cl)cc([N+](=O)[O-])c1O)c1ccc(N2CCCC2)cc1. The van der Waals surface area contributed by atoms with Gasteiger partial charge in [-0.1, -0.05) is 11.6 Å². The molecular formula is C18H17ClN4O4. The minimum Gasteiger partial charge on any atom is -0.502 e. The van der Waals surface area contributed by atoms with Crippen LogP contribution in [0.1, 0.15) is 28.8 Å². The van der Waals surface area contributed by atoms with Gasteiger partial charge in [0.2, 0.25) is 5.75 Å². The number of aromatic hydroxyl groups is 1. The second-order valence-electron chi connectivity index (χ2n) is 6.06. The van der Waals surface area contributed by atoms with Gasteiger partial charge in [-0.25, -0.2) is 5.43 Å². The summed E-state index contributed by atoms with van der Waals surface area (Å²) in [5, 5.41) is 24.6. The molecule has 1 amide bonds. The third kappa shape index (κ3) is 4.35. The molecule has 0 saturated carbocycles. The van der Waals surface area contributed by atoms with Crippen LogP contribution in [0.3, 0.4) is 0 Å². The molecule has 140 valence electrons. The number of carbonyl (C=O) groups is 1. The Balaban J connectivity index is 1.67. The molecule has 0 aromatic heterocycles. The summed E-state index contributed by atoms with van der Waals surface area (Å²) < 4.78 is 0. The van der Waals surface area contributed by atoms with E-state index >= 15 is 0 Å². The van der Waals surface area contributed by atoms with Crippen molar-refractivity contribution in [1.82, 2.24) is 5.43 Å². The first-order valence-electron chi connectivity index (χ1n) is 8.31. The van der Waals surface area contributed by atoms with E-state index in [4.69, 9.17) is 11.6 Å². The molecule has 0 aliphatic carbocycles. The van der Waals surface area contributed by atoms with Crippen molar-refractivity contribution in [3.05, 3.63) is 62.7 Å². The molecule has 1 aliphatic rings. The minimum absolute atomic E-state index is 0.0267. The monoisotopic (exact) mass is 388 g/mol. The lowest BCUT2D eigenvalue weighted by Crippen LogP contribution is -2.19. The lowest BCUT2D eigenvalue weighted by molar-refractivity contribution is -0.385. The molecule has 8 nitrogen and oxygen atoms in total. The second kappa shape index (κ2) is 8.05. The van der Waals surface area contributed by atoms with E-state index in [-0.39, 0.29) is 10.6 Å². The number of nitrogens with zero attached hydrogens (tertiary/aromatic N) is 3. The van der Waals surface area contributed by atoms with E-state index in [1.807, 2.05) is 12.1 Å². The number of benzene rings is 2. The third-order valence-corrected chi connectivity index (χ3v) is 4.47. The van der Waals surface area contributed by atoms with Crippen LogP contribution in [0.4, 0.5) is 11.4 Å². The van der Waals surface area contributed by atoms with Crippen molar-refractivity contribution in [2.75, 3.05) is 18.0 Å². The second-order valence-corrected chi connectivity index (χ2v) is 6.50. The number of nitro groups is 1. The van der Waals surface area contributed by atoms with Crippen LogP contribution in [0.2, 0.25) is 5.02 Å². The number of carbonyl (C=O) groups excluding carboxylic acids is 1. The fourth-order valence-corrected chi connectivity index (χ4v) is 3.09. The molecule has 2 aromatic carbocycles. The average molecular weight is 389 g/mol.